The molecule has 4 rings (SSSR count). The fourth-order valence-corrected chi connectivity index (χ4v) is 6.53. The molecule has 0 saturated carbocycles. The molecule has 3 nitrogen and oxygen atoms in total. The van der Waals surface area contributed by atoms with Crippen LogP contribution >= 0.6 is 35.0 Å². The molecule has 1 unspecified atom stereocenters. The van der Waals surface area contributed by atoms with Crippen molar-refractivity contribution in [3.63, 3.8) is 0 Å². The quantitative estimate of drug-likeness (QED) is 0.496. The number of alkyl halides is 3. The van der Waals surface area contributed by atoms with Gasteiger partial charge in [-0.1, -0.05) is 35.3 Å². The molecule has 1 N–H and O–H groups in total. The normalized spacial score (nSPS) is 25.3. The lowest BCUT2D eigenvalue weighted by Crippen LogP contribution is -2.53. The highest BCUT2D eigenvalue weighted by molar-refractivity contribution is 8.03. The predicted molar refractivity (Wildman–Crippen MR) is 125 cm³/mol. The molecule has 2 aromatic rings. The Hall–Kier alpha value is -1.32. The number of thioether (sulfide) groups is 1. The average Bonchev–Trinajstić information content (AvgIpc) is 3.12. The fraction of sp³-hybridized carbons (Fsp3) is 0.318. The molecule has 0 aromatic heterocycles. The summed E-state index contributed by atoms with van der Waals surface area (Å²) >= 11 is 11.8. The van der Waals surface area contributed by atoms with Gasteiger partial charge in [-0.25, -0.2) is 0 Å². The Balaban J connectivity index is 1.58. The van der Waals surface area contributed by atoms with Gasteiger partial charge in [0.25, 0.3) is 5.91 Å². The second-order valence-corrected chi connectivity index (χ2v) is 11.5. The standard InChI is InChI=1S/C22H18Cl2F3NO2S2/c1-12-4-13(2-3-19(12)20(29)28-18-10-32(30)11-18)14-8-21(31-9-14,22(25,26)27)15-5-16(23)7-17(24)6-15/h2-7,9,18H,8,10-11H2,1H3,(H,28,29). The smallest absolute Gasteiger partial charge is 0.407 e. The van der Waals surface area contributed by atoms with Crippen molar-refractivity contribution < 1.29 is 22.5 Å². The van der Waals surface area contributed by atoms with Crippen LogP contribution in [0.5, 0.6) is 0 Å². The van der Waals surface area contributed by atoms with E-state index in [2.05, 4.69) is 5.32 Å². The third kappa shape index (κ3) is 4.53. The topological polar surface area (TPSA) is 52.2 Å². The Morgan fingerprint density at radius 1 is 1.19 bits per heavy atom. The second kappa shape index (κ2) is 8.80. The zero-order chi connectivity index (χ0) is 23.3. The minimum atomic E-state index is -4.54. The van der Waals surface area contributed by atoms with Crippen LogP contribution in [-0.2, 0) is 15.9 Å². The molecule has 1 fully saturated rings. The molecule has 1 atom stereocenters. The molecule has 0 spiro atoms. The highest BCUT2D eigenvalue weighted by Crippen LogP contribution is 2.60. The van der Waals surface area contributed by atoms with Gasteiger partial charge in [-0.15, -0.1) is 11.8 Å². The first-order chi connectivity index (χ1) is 15.0. The molecule has 2 aromatic carbocycles. The monoisotopic (exact) mass is 519 g/mol. The Morgan fingerprint density at radius 2 is 1.84 bits per heavy atom. The van der Waals surface area contributed by atoms with E-state index >= 15 is 0 Å². The van der Waals surface area contributed by atoms with Crippen LogP contribution in [0.3, 0.4) is 0 Å². The Labute approximate surface area is 200 Å². The van der Waals surface area contributed by atoms with Gasteiger partial charge in [0, 0.05) is 22.0 Å². The van der Waals surface area contributed by atoms with E-state index in [-0.39, 0.29) is 34.0 Å². The molecule has 2 aliphatic rings. The highest BCUT2D eigenvalue weighted by atomic mass is 35.5. The number of halogens is 5. The van der Waals surface area contributed by atoms with Crippen molar-refractivity contribution in [2.24, 2.45) is 0 Å². The van der Waals surface area contributed by atoms with Crippen LogP contribution in [0.15, 0.2) is 41.8 Å². The van der Waals surface area contributed by atoms with Crippen LogP contribution in [0, 0.1) is 6.92 Å². The van der Waals surface area contributed by atoms with Crippen molar-refractivity contribution in [1.82, 2.24) is 5.32 Å². The molecule has 10 heteroatoms. The third-order valence-electron chi connectivity index (χ3n) is 5.58. The molecule has 0 bridgehead atoms. The van der Waals surface area contributed by atoms with Gasteiger partial charge in [-0.2, -0.15) is 13.2 Å². The molecule has 2 heterocycles. The Morgan fingerprint density at radius 3 is 2.41 bits per heavy atom. The number of carbonyl (C=O) groups excluding carboxylic acids is 1. The largest absolute Gasteiger partial charge is 0.616 e. The number of aryl methyl sites for hydroxylation is 1. The molecule has 1 amide bonds. The predicted octanol–water partition coefficient (Wildman–Crippen LogP) is 6.10. The van der Waals surface area contributed by atoms with E-state index in [0.29, 0.717) is 45.5 Å². The fourth-order valence-electron chi connectivity index (χ4n) is 3.85. The maximum atomic E-state index is 14.3. The number of nitrogens with one attached hydrogen (secondary N) is 1. The Kier molecular flexibility index (Phi) is 6.55. The average molecular weight is 520 g/mol. The van der Waals surface area contributed by atoms with Gasteiger partial charge in [-0.05, 0) is 70.0 Å². The summed E-state index contributed by atoms with van der Waals surface area (Å²) in [5.74, 6) is 0.615. The molecule has 0 aliphatic carbocycles. The first-order valence-electron chi connectivity index (χ1n) is 9.65. The van der Waals surface area contributed by atoms with Gasteiger partial charge in [-0.3, -0.25) is 4.79 Å². The summed E-state index contributed by atoms with van der Waals surface area (Å²) < 4.78 is 51.8. The van der Waals surface area contributed by atoms with E-state index < -0.39 is 22.1 Å². The molecular weight excluding hydrogens is 502 g/mol. The molecule has 0 radical (unpaired) electrons. The maximum Gasteiger partial charge on any atom is 0.407 e. The minimum Gasteiger partial charge on any atom is -0.616 e. The van der Waals surface area contributed by atoms with E-state index in [9.17, 15) is 22.5 Å². The lowest BCUT2D eigenvalue weighted by Gasteiger charge is -2.32. The van der Waals surface area contributed by atoms with E-state index in [4.69, 9.17) is 23.2 Å². The summed E-state index contributed by atoms with van der Waals surface area (Å²) in [6, 6.07) is 8.90. The van der Waals surface area contributed by atoms with E-state index in [1.807, 2.05) is 0 Å². The zero-order valence-corrected chi connectivity index (χ0v) is 19.9. The number of allylic oxidation sites excluding steroid dienone is 1. The molecule has 170 valence electrons. The number of hydrogen-bond acceptors (Lipinski definition) is 3. The SMILES string of the molecule is Cc1cc(C2=CSC(c3cc(Cl)cc(Cl)c3)(C(F)(F)F)C2)ccc1C(=O)NC1C[S+]([O-])C1. The van der Waals surface area contributed by atoms with Crippen LogP contribution in [0.1, 0.15) is 33.5 Å². The van der Waals surface area contributed by atoms with Crippen molar-refractivity contribution in [3.05, 3.63) is 74.1 Å². The lowest BCUT2D eigenvalue weighted by molar-refractivity contribution is -0.160. The number of hydrogen-bond donors (Lipinski definition) is 1. The van der Waals surface area contributed by atoms with Gasteiger partial charge in [0.1, 0.15) is 22.3 Å². The van der Waals surface area contributed by atoms with Crippen LogP contribution in [-0.4, -0.2) is 34.2 Å². The van der Waals surface area contributed by atoms with E-state index in [1.54, 1.807) is 25.1 Å². The number of benzene rings is 2. The molecule has 1 saturated heterocycles. The van der Waals surface area contributed by atoms with Crippen molar-refractivity contribution in [3.8, 4) is 0 Å². The second-order valence-electron chi connectivity index (χ2n) is 7.89. The molecule has 32 heavy (non-hydrogen) atoms. The van der Waals surface area contributed by atoms with E-state index in [0.717, 1.165) is 0 Å². The van der Waals surface area contributed by atoms with Crippen molar-refractivity contribution in [1.29, 1.82) is 0 Å². The number of amides is 1. The summed E-state index contributed by atoms with van der Waals surface area (Å²) in [5.41, 5.74) is 2.25. The van der Waals surface area contributed by atoms with Crippen LogP contribution in [0.25, 0.3) is 5.57 Å². The molecular formula is C22H18Cl2F3NO2S2. The molecule has 2 aliphatic heterocycles. The third-order valence-corrected chi connectivity index (χ3v) is 8.98. The maximum absolute atomic E-state index is 14.3. The van der Waals surface area contributed by atoms with Gasteiger partial charge < -0.3 is 9.87 Å². The summed E-state index contributed by atoms with van der Waals surface area (Å²) in [5, 5.41) is 4.64. The van der Waals surface area contributed by atoms with Crippen molar-refractivity contribution in [2.75, 3.05) is 11.5 Å². The van der Waals surface area contributed by atoms with Gasteiger partial charge >= 0.3 is 6.18 Å². The summed E-state index contributed by atoms with van der Waals surface area (Å²) in [4.78, 5) is 12.5. The first-order valence-corrected chi connectivity index (χ1v) is 12.8. The minimum absolute atomic E-state index is 0.00403. The van der Waals surface area contributed by atoms with Crippen LogP contribution in [0.2, 0.25) is 10.0 Å². The highest BCUT2D eigenvalue weighted by Gasteiger charge is 2.58. The van der Waals surface area contributed by atoms with Gasteiger partial charge in [0.2, 0.25) is 0 Å². The summed E-state index contributed by atoms with van der Waals surface area (Å²) in [6.07, 6.45) is -4.82. The van der Waals surface area contributed by atoms with Crippen molar-refractivity contribution in [2.45, 2.75) is 30.3 Å². The zero-order valence-electron chi connectivity index (χ0n) is 16.8. The Bertz CT molecular complexity index is 1080. The number of carbonyl (C=O) groups is 1. The van der Waals surface area contributed by atoms with Crippen LogP contribution in [0.4, 0.5) is 13.2 Å². The van der Waals surface area contributed by atoms with Crippen molar-refractivity contribution >= 4 is 57.6 Å². The van der Waals surface area contributed by atoms with Gasteiger partial charge in [0.05, 0.1) is 0 Å². The van der Waals surface area contributed by atoms with Crippen LogP contribution < -0.4 is 5.32 Å². The summed E-state index contributed by atoms with van der Waals surface area (Å²) in [6.45, 7) is 1.74. The lowest BCUT2D eigenvalue weighted by atomic mass is 9.87. The first kappa shape index (κ1) is 23.8. The van der Waals surface area contributed by atoms with E-state index in [1.165, 1.54) is 23.6 Å². The number of rotatable bonds is 4. The summed E-state index contributed by atoms with van der Waals surface area (Å²) in [7, 11) is 0. The van der Waals surface area contributed by atoms with Gasteiger partial charge in [0.15, 0.2) is 0 Å².